The molecular weight excluding hydrogens is 279 g/mol. The summed E-state index contributed by atoms with van der Waals surface area (Å²) < 4.78 is 13.2. The van der Waals surface area contributed by atoms with E-state index in [4.69, 9.17) is 5.11 Å². The SMILES string of the molecule is O=C(O)c1cc(F)ccc1N1C(=O)c2ccncc2C1=O. The van der Waals surface area contributed by atoms with Gasteiger partial charge >= 0.3 is 5.97 Å². The summed E-state index contributed by atoms with van der Waals surface area (Å²) in [5.74, 6) is -3.54. The first kappa shape index (κ1) is 12.9. The van der Waals surface area contributed by atoms with Crippen LogP contribution in [0, 0.1) is 5.82 Å². The average molecular weight is 286 g/mol. The van der Waals surface area contributed by atoms with Crippen LogP contribution in [0.3, 0.4) is 0 Å². The van der Waals surface area contributed by atoms with Crippen molar-refractivity contribution in [3.63, 3.8) is 0 Å². The third-order valence-electron chi connectivity index (χ3n) is 3.12. The smallest absolute Gasteiger partial charge is 0.337 e. The Balaban J connectivity index is 2.18. The lowest BCUT2D eigenvalue weighted by Crippen LogP contribution is -2.31. The third kappa shape index (κ3) is 1.86. The molecule has 0 aliphatic carbocycles. The van der Waals surface area contributed by atoms with Crippen molar-refractivity contribution in [1.29, 1.82) is 0 Å². The number of carboxylic acid groups (broad SMARTS) is 1. The average Bonchev–Trinajstić information content (AvgIpc) is 2.72. The molecular formula is C14H7FN2O4. The first-order valence-corrected chi connectivity index (χ1v) is 5.86. The largest absolute Gasteiger partial charge is 0.478 e. The van der Waals surface area contributed by atoms with Crippen LogP contribution in [0.25, 0.3) is 0 Å². The number of hydrogen-bond acceptors (Lipinski definition) is 4. The Labute approximate surface area is 117 Å². The number of fused-ring (bicyclic) bond motifs is 1. The summed E-state index contributed by atoms with van der Waals surface area (Å²) in [6, 6.07) is 4.22. The van der Waals surface area contributed by atoms with E-state index in [1.54, 1.807) is 0 Å². The van der Waals surface area contributed by atoms with E-state index >= 15 is 0 Å². The number of carbonyl (C=O) groups is 3. The number of nitrogens with zero attached hydrogens (tertiary/aromatic N) is 2. The predicted molar refractivity (Wildman–Crippen MR) is 68.7 cm³/mol. The van der Waals surface area contributed by atoms with E-state index in [1.165, 1.54) is 18.5 Å². The highest BCUT2D eigenvalue weighted by Gasteiger charge is 2.38. The highest BCUT2D eigenvalue weighted by Crippen LogP contribution is 2.30. The van der Waals surface area contributed by atoms with Crippen molar-refractivity contribution in [3.05, 3.63) is 59.2 Å². The van der Waals surface area contributed by atoms with Crippen molar-refractivity contribution in [2.75, 3.05) is 4.90 Å². The topological polar surface area (TPSA) is 87.6 Å². The minimum Gasteiger partial charge on any atom is -0.478 e. The summed E-state index contributed by atoms with van der Waals surface area (Å²) >= 11 is 0. The molecule has 0 saturated heterocycles. The van der Waals surface area contributed by atoms with Gasteiger partial charge in [-0.15, -0.1) is 0 Å². The van der Waals surface area contributed by atoms with Gasteiger partial charge in [-0.05, 0) is 24.3 Å². The van der Waals surface area contributed by atoms with Crippen LogP contribution < -0.4 is 4.90 Å². The highest BCUT2D eigenvalue weighted by molar-refractivity contribution is 6.35. The van der Waals surface area contributed by atoms with Gasteiger partial charge in [-0.2, -0.15) is 0 Å². The van der Waals surface area contributed by atoms with Crippen LogP contribution in [0.1, 0.15) is 31.1 Å². The van der Waals surface area contributed by atoms with Gasteiger partial charge in [-0.25, -0.2) is 14.1 Å². The molecule has 1 aliphatic heterocycles. The van der Waals surface area contributed by atoms with Crippen LogP contribution >= 0.6 is 0 Å². The van der Waals surface area contributed by atoms with Gasteiger partial charge in [0.2, 0.25) is 0 Å². The Bertz CT molecular complexity index is 768. The number of imide groups is 1. The lowest BCUT2D eigenvalue weighted by atomic mass is 10.1. The Morgan fingerprint density at radius 2 is 1.86 bits per heavy atom. The first-order valence-electron chi connectivity index (χ1n) is 5.86. The van der Waals surface area contributed by atoms with Gasteiger partial charge in [0.25, 0.3) is 11.8 Å². The second kappa shape index (κ2) is 4.48. The van der Waals surface area contributed by atoms with Gasteiger partial charge in [0, 0.05) is 12.4 Å². The number of carbonyl (C=O) groups excluding carboxylic acids is 2. The van der Waals surface area contributed by atoms with Gasteiger partial charge in [-0.1, -0.05) is 0 Å². The van der Waals surface area contributed by atoms with Crippen molar-refractivity contribution >= 4 is 23.5 Å². The van der Waals surface area contributed by atoms with E-state index in [2.05, 4.69) is 4.98 Å². The number of aromatic carboxylic acids is 1. The standard InChI is InChI=1S/C14H7FN2O4/c15-7-1-2-11(9(5-7)14(20)21)17-12(18)8-3-4-16-6-10(8)13(17)19/h1-6H,(H,20,21). The number of anilines is 1. The van der Waals surface area contributed by atoms with Gasteiger partial charge in [0.05, 0.1) is 22.4 Å². The van der Waals surface area contributed by atoms with Crippen LogP contribution in [0.5, 0.6) is 0 Å². The molecule has 1 aromatic heterocycles. The lowest BCUT2D eigenvalue weighted by molar-refractivity contribution is 0.0697. The summed E-state index contributed by atoms with van der Waals surface area (Å²) in [7, 11) is 0. The van der Waals surface area contributed by atoms with E-state index in [-0.39, 0.29) is 16.8 Å². The predicted octanol–water partition coefficient (Wildman–Crippen LogP) is 1.72. The summed E-state index contributed by atoms with van der Waals surface area (Å²) in [5.41, 5.74) is -0.411. The van der Waals surface area contributed by atoms with E-state index in [1.807, 2.05) is 0 Å². The van der Waals surface area contributed by atoms with Crippen LogP contribution in [0.2, 0.25) is 0 Å². The molecule has 0 atom stereocenters. The zero-order valence-corrected chi connectivity index (χ0v) is 10.4. The van der Waals surface area contributed by atoms with Crippen LogP contribution in [-0.2, 0) is 0 Å². The summed E-state index contributed by atoms with van der Waals surface area (Å²) in [4.78, 5) is 40.2. The third-order valence-corrected chi connectivity index (χ3v) is 3.12. The first-order chi connectivity index (χ1) is 10.0. The molecule has 0 bridgehead atoms. The maximum absolute atomic E-state index is 13.2. The lowest BCUT2D eigenvalue weighted by Gasteiger charge is -2.16. The highest BCUT2D eigenvalue weighted by atomic mass is 19.1. The molecule has 2 amide bonds. The number of hydrogen-bond donors (Lipinski definition) is 1. The molecule has 0 radical (unpaired) electrons. The molecule has 7 heteroatoms. The number of benzene rings is 1. The van der Waals surface area contributed by atoms with Crippen LogP contribution in [0.15, 0.2) is 36.7 Å². The molecule has 1 aliphatic rings. The molecule has 0 saturated carbocycles. The second-order valence-corrected chi connectivity index (χ2v) is 4.33. The molecule has 2 aromatic rings. The summed E-state index contributed by atoms with van der Waals surface area (Å²) in [6.45, 7) is 0. The Kier molecular flexibility index (Phi) is 2.76. The normalized spacial score (nSPS) is 13.5. The van der Waals surface area contributed by atoms with Gasteiger partial charge in [-0.3, -0.25) is 14.6 Å². The van der Waals surface area contributed by atoms with Crippen LogP contribution in [-0.4, -0.2) is 27.9 Å². The van der Waals surface area contributed by atoms with Crippen molar-refractivity contribution in [3.8, 4) is 0 Å². The fourth-order valence-electron chi connectivity index (χ4n) is 2.18. The van der Waals surface area contributed by atoms with Gasteiger partial charge < -0.3 is 5.11 Å². The quantitative estimate of drug-likeness (QED) is 0.849. The Morgan fingerprint density at radius 3 is 2.52 bits per heavy atom. The second-order valence-electron chi connectivity index (χ2n) is 4.33. The molecule has 0 fully saturated rings. The molecule has 6 nitrogen and oxygen atoms in total. The van der Waals surface area contributed by atoms with Crippen LogP contribution in [0.4, 0.5) is 10.1 Å². The molecule has 0 unspecified atom stereocenters. The molecule has 3 rings (SSSR count). The minimum absolute atomic E-state index is 0.0863. The molecule has 1 aromatic carbocycles. The number of rotatable bonds is 2. The Hall–Kier alpha value is -3.09. The van der Waals surface area contributed by atoms with Crippen molar-refractivity contribution < 1.29 is 23.9 Å². The van der Waals surface area contributed by atoms with Crippen molar-refractivity contribution in [2.45, 2.75) is 0 Å². The Morgan fingerprint density at radius 1 is 1.14 bits per heavy atom. The number of halogens is 1. The van der Waals surface area contributed by atoms with E-state index in [0.717, 1.165) is 23.1 Å². The monoisotopic (exact) mass is 286 g/mol. The van der Waals surface area contributed by atoms with Gasteiger partial charge in [0.1, 0.15) is 5.82 Å². The zero-order valence-electron chi connectivity index (χ0n) is 10.4. The summed E-state index contributed by atoms with van der Waals surface area (Å²) in [6.07, 6.45) is 2.59. The maximum atomic E-state index is 13.2. The minimum atomic E-state index is -1.43. The number of pyridine rings is 1. The van der Waals surface area contributed by atoms with E-state index in [0.29, 0.717) is 0 Å². The van der Waals surface area contributed by atoms with E-state index in [9.17, 15) is 18.8 Å². The van der Waals surface area contributed by atoms with Crippen molar-refractivity contribution in [1.82, 2.24) is 4.98 Å². The zero-order chi connectivity index (χ0) is 15.1. The van der Waals surface area contributed by atoms with E-state index < -0.39 is 29.2 Å². The molecule has 104 valence electrons. The fourth-order valence-corrected chi connectivity index (χ4v) is 2.18. The number of carboxylic acids is 1. The summed E-state index contributed by atoms with van der Waals surface area (Å²) in [5, 5.41) is 9.11. The number of amides is 2. The molecule has 21 heavy (non-hydrogen) atoms. The molecule has 2 heterocycles. The fraction of sp³-hybridized carbons (Fsp3) is 0. The maximum Gasteiger partial charge on any atom is 0.337 e. The van der Waals surface area contributed by atoms with Gasteiger partial charge in [0.15, 0.2) is 0 Å². The number of aromatic nitrogens is 1. The molecule has 0 spiro atoms. The van der Waals surface area contributed by atoms with Crippen molar-refractivity contribution in [2.24, 2.45) is 0 Å². The molecule has 1 N–H and O–H groups in total.